The van der Waals surface area contributed by atoms with Crippen LogP contribution in [-0.2, 0) is 4.74 Å². The zero-order valence-electron chi connectivity index (χ0n) is 14.9. The first-order valence-electron chi connectivity index (χ1n) is 9.01. The van der Waals surface area contributed by atoms with Crippen LogP contribution in [-0.4, -0.2) is 43.1 Å². The summed E-state index contributed by atoms with van der Waals surface area (Å²) in [4.78, 5) is 12.1. The summed E-state index contributed by atoms with van der Waals surface area (Å²) in [6.45, 7) is 3.39. The van der Waals surface area contributed by atoms with E-state index in [0.717, 1.165) is 51.7 Å². The van der Waals surface area contributed by atoms with Gasteiger partial charge in [0.1, 0.15) is 23.6 Å². The van der Waals surface area contributed by atoms with E-state index in [1.54, 1.807) is 12.1 Å². The summed E-state index contributed by atoms with van der Waals surface area (Å²) >= 11 is 0. The fraction of sp³-hybridized carbons (Fsp3) is 0.316. The lowest BCUT2D eigenvalue weighted by Gasteiger charge is -2.22. The summed E-state index contributed by atoms with van der Waals surface area (Å²) in [6.07, 6.45) is 3.26. The van der Waals surface area contributed by atoms with E-state index in [9.17, 15) is 5.11 Å². The average Bonchev–Trinajstić information content (AvgIpc) is 3.25. The van der Waals surface area contributed by atoms with E-state index in [1.165, 1.54) is 6.33 Å². The summed E-state index contributed by atoms with van der Waals surface area (Å²) in [7, 11) is 0. The molecule has 27 heavy (non-hydrogen) atoms. The third-order valence-electron chi connectivity index (χ3n) is 5.22. The number of phenolic OH excluding ortho intramolecular Hbond substituents is 1. The number of phenols is 1. The van der Waals surface area contributed by atoms with Gasteiger partial charge in [-0.05, 0) is 43.5 Å². The lowest BCUT2D eigenvalue weighted by Crippen LogP contribution is -2.20. The Morgan fingerprint density at radius 2 is 2.04 bits per heavy atom. The molecule has 0 bridgehead atoms. The minimum absolute atomic E-state index is 0.222. The Labute approximate surface area is 155 Å². The summed E-state index contributed by atoms with van der Waals surface area (Å²) in [5, 5.41) is 16.4. The number of nitrogen functional groups attached to an aromatic ring is 1. The molecule has 4 heterocycles. The molecule has 8 heteroatoms. The number of nitrogens with one attached hydrogen (secondary N) is 1. The van der Waals surface area contributed by atoms with Crippen LogP contribution in [0.1, 0.15) is 24.4 Å². The monoisotopic (exact) mass is 364 g/mol. The third kappa shape index (κ3) is 2.52. The maximum atomic E-state index is 9.90. The molecular formula is C19H20N6O2. The molecule has 3 aromatic heterocycles. The quantitative estimate of drug-likeness (QED) is 0.504. The summed E-state index contributed by atoms with van der Waals surface area (Å²) in [5.74, 6) is 0.650. The van der Waals surface area contributed by atoms with Gasteiger partial charge in [0.15, 0.2) is 5.65 Å². The van der Waals surface area contributed by atoms with Gasteiger partial charge in [-0.25, -0.2) is 14.6 Å². The van der Waals surface area contributed by atoms with Gasteiger partial charge in [-0.2, -0.15) is 5.10 Å². The fourth-order valence-electron chi connectivity index (χ4n) is 3.90. The van der Waals surface area contributed by atoms with Crippen molar-refractivity contribution in [3.05, 3.63) is 30.1 Å². The number of ether oxygens (including phenoxy) is 1. The smallest absolute Gasteiger partial charge is 0.164 e. The molecule has 4 N–H and O–H groups in total. The first-order chi connectivity index (χ1) is 13.1. The van der Waals surface area contributed by atoms with Gasteiger partial charge in [-0.1, -0.05) is 0 Å². The highest BCUT2D eigenvalue weighted by Crippen LogP contribution is 2.35. The maximum absolute atomic E-state index is 9.90. The number of nitrogens with zero attached hydrogens (tertiary/aromatic N) is 4. The second-order valence-electron chi connectivity index (χ2n) is 7.00. The van der Waals surface area contributed by atoms with Gasteiger partial charge in [-0.3, -0.25) is 0 Å². The number of hydrogen-bond acceptors (Lipinski definition) is 6. The maximum Gasteiger partial charge on any atom is 0.164 e. The molecule has 1 aliphatic heterocycles. The largest absolute Gasteiger partial charge is 0.508 e. The minimum Gasteiger partial charge on any atom is -0.508 e. The van der Waals surface area contributed by atoms with Crippen LogP contribution in [0.4, 0.5) is 5.82 Å². The molecule has 0 aliphatic carbocycles. The van der Waals surface area contributed by atoms with E-state index in [0.29, 0.717) is 19.0 Å². The van der Waals surface area contributed by atoms with Crippen molar-refractivity contribution >= 4 is 27.8 Å². The van der Waals surface area contributed by atoms with E-state index >= 15 is 0 Å². The normalized spacial score (nSPS) is 15.7. The van der Waals surface area contributed by atoms with Crippen LogP contribution in [0, 0.1) is 6.92 Å². The number of rotatable bonds is 2. The van der Waals surface area contributed by atoms with E-state index < -0.39 is 0 Å². The highest BCUT2D eigenvalue weighted by molar-refractivity contribution is 6.00. The van der Waals surface area contributed by atoms with E-state index in [1.807, 2.05) is 17.7 Å². The molecule has 0 radical (unpaired) electrons. The van der Waals surface area contributed by atoms with Gasteiger partial charge in [0, 0.05) is 24.1 Å². The topological polar surface area (TPSA) is 115 Å². The van der Waals surface area contributed by atoms with Gasteiger partial charge in [0.2, 0.25) is 0 Å². The number of H-pyrrole nitrogens is 1. The van der Waals surface area contributed by atoms with Crippen molar-refractivity contribution in [2.75, 3.05) is 18.9 Å². The molecule has 4 aromatic rings. The number of anilines is 1. The molecule has 0 spiro atoms. The van der Waals surface area contributed by atoms with Crippen molar-refractivity contribution in [1.82, 2.24) is 24.7 Å². The van der Waals surface area contributed by atoms with Gasteiger partial charge < -0.3 is 20.6 Å². The Bertz CT molecular complexity index is 1160. The van der Waals surface area contributed by atoms with Gasteiger partial charge in [-0.15, -0.1) is 0 Å². The Balaban J connectivity index is 1.74. The third-order valence-corrected chi connectivity index (χ3v) is 5.22. The van der Waals surface area contributed by atoms with E-state index in [2.05, 4.69) is 15.0 Å². The second-order valence-corrected chi connectivity index (χ2v) is 7.00. The highest BCUT2D eigenvalue weighted by Gasteiger charge is 2.24. The van der Waals surface area contributed by atoms with Crippen molar-refractivity contribution in [2.24, 2.45) is 0 Å². The standard InChI is InChI=1S/C19H20N6O2/c1-10-6-13(26)7-11-8-14(23-16(10)11)17-15-18(20)21-9-22-19(15)25(24-17)12-2-4-27-5-3-12/h6-9,12,23,26H,2-5H2,1H3,(H2,20,21,22). The molecule has 5 rings (SSSR count). The fourth-order valence-corrected chi connectivity index (χ4v) is 3.90. The van der Waals surface area contributed by atoms with Crippen molar-refractivity contribution in [3.63, 3.8) is 0 Å². The zero-order valence-corrected chi connectivity index (χ0v) is 14.9. The Hall–Kier alpha value is -3.13. The van der Waals surface area contributed by atoms with Crippen LogP contribution in [0.15, 0.2) is 24.5 Å². The molecule has 0 unspecified atom stereocenters. The molecule has 1 fully saturated rings. The van der Waals surface area contributed by atoms with Crippen LogP contribution in [0.25, 0.3) is 33.3 Å². The van der Waals surface area contributed by atoms with Crippen LogP contribution >= 0.6 is 0 Å². The number of aromatic nitrogens is 5. The number of hydrogen-bond donors (Lipinski definition) is 3. The zero-order chi connectivity index (χ0) is 18.5. The summed E-state index contributed by atoms with van der Waals surface area (Å²) in [6, 6.07) is 5.67. The average molecular weight is 364 g/mol. The molecule has 138 valence electrons. The molecular weight excluding hydrogens is 344 g/mol. The van der Waals surface area contributed by atoms with Crippen LogP contribution in [0.5, 0.6) is 5.75 Å². The van der Waals surface area contributed by atoms with Crippen LogP contribution in [0.2, 0.25) is 0 Å². The van der Waals surface area contributed by atoms with Gasteiger partial charge >= 0.3 is 0 Å². The molecule has 1 saturated heterocycles. The van der Waals surface area contributed by atoms with Crippen molar-refractivity contribution in [2.45, 2.75) is 25.8 Å². The van der Waals surface area contributed by atoms with Crippen LogP contribution in [0.3, 0.4) is 0 Å². The Morgan fingerprint density at radius 3 is 2.85 bits per heavy atom. The Kier molecular flexibility index (Phi) is 3.54. The number of nitrogens with two attached hydrogens (primary N) is 1. The number of aromatic amines is 1. The number of benzene rings is 1. The van der Waals surface area contributed by atoms with Crippen molar-refractivity contribution in [3.8, 4) is 17.1 Å². The predicted octanol–water partition coefficient (Wildman–Crippen LogP) is 2.92. The molecule has 0 saturated carbocycles. The highest BCUT2D eigenvalue weighted by atomic mass is 16.5. The van der Waals surface area contributed by atoms with E-state index in [-0.39, 0.29) is 11.8 Å². The molecule has 1 aromatic carbocycles. The van der Waals surface area contributed by atoms with Crippen LogP contribution < -0.4 is 5.73 Å². The molecule has 0 amide bonds. The summed E-state index contributed by atoms with van der Waals surface area (Å²) < 4.78 is 7.44. The predicted molar refractivity (Wildman–Crippen MR) is 103 cm³/mol. The summed E-state index contributed by atoms with van der Waals surface area (Å²) in [5.41, 5.74) is 10.4. The second kappa shape index (κ2) is 5.95. The number of aromatic hydroxyl groups is 1. The number of fused-ring (bicyclic) bond motifs is 2. The van der Waals surface area contributed by atoms with Crippen molar-refractivity contribution < 1.29 is 9.84 Å². The molecule has 1 aliphatic rings. The SMILES string of the molecule is Cc1cc(O)cc2cc(-c3nn(C4CCOCC4)c4ncnc(N)c34)[nH]c12. The van der Waals surface area contributed by atoms with Crippen molar-refractivity contribution in [1.29, 1.82) is 0 Å². The first kappa shape index (κ1) is 16.1. The van der Waals surface area contributed by atoms with Gasteiger partial charge in [0.25, 0.3) is 0 Å². The lowest BCUT2D eigenvalue weighted by molar-refractivity contribution is 0.0674. The Morgan fingerprint density at radius 1 is 1.22 bits per heavy atom. The number of aryl methyl sites for hydroxylation is 1. The minimum atomic E-state index is 0.222. The molecule has 0 atom stereocenters. The van der Waals surface area contributed by atoms with Gasteiger partial charge in [0.05, 0.1) is 17.1 Å². The van der Waals surface area contributed by atoms with E-state index in [4.69, 9.17) is 15.6 Å². The first-order valence-corrected chi connectivity index (χ1v) is 9.01. The molecule has 8 nitrogen and oxygen atoms in total. The lowest BCUT2D eigenvalue weighted by atomic mass is 10.1.